The zero-order valence-corrected chi connectivity index (χ0v) is 12.7. The maximum atomic E-state index is 11.3. The Labute approximate surface area is 132 Å². The summed E-state index contributed by atoms with van der Waals surface area (Å²) >= 11 is 0. The van der Waals surface area contributed by atoms with E-state index in [1.807, 2.05) is 48.5 Å². The lowest BCUT2D eigenvalue weighted by atomic mass is 9.89. The SMILES string of the molecule is O=Cc1ccccc1-c1ccccc1C#CC1CCCCC1. The summed E-state index contributed by atoms with van der Waals surface area (Å²) in [4.78, 5) is 11.3. The molecule has 22 heavy (non-hydrogen) atoms. The van der Waals surface area contributed by atoms with Crippen LogP contribution in [0.4, 0.5) is 0 Å². The Balaban J connectivity index is 1.96. The van der Waals surface area contributed by atoms with Gasteiger partial charge in [0.15, 0.2) is 6.29 Å². The average molecular weight is 288 g/mol. The fraction of sp³-hybridized carbons (Fsp3) is 0.286. The Morgan fingerprint density at radius 1 is 0.864 bits per heavy atom. The van der Waals surface area contributed by atoms with Crippen LogP contribution < -0.4 is 0 Å². The number of benzene rings is 2. The van der Waals surface area contributed by atoms with Gasteiger partial charge in [0.1, 0.15) is 0 Å². The van der Waals surface area contributed by atoms with Crippen LogP contribution in [0.3, 0.4) is 0 Å². The molecular formula is C21H20O. The van der Waals surface area contributed by atoms with Gasteiger partial charge in [0.05, 0.1) is 0 Å². The van der Waals surface area contributed by atoms with Gasteiger partial charge in [-0.25, -0.2) is 0 Å². The van der Waals surface area contributed by atoms with Crippen molar-refractivity contribution < 1.29 is 4.79 Å². The van der Waals surface area contributed by atoms with Gasteiger partial charge in [-0.3, -0.25) is 4.79 Å². The molecule has 0 unspecified atom stereocenters. The van der Waals surface area contributed by atoms with Crippen LogP contribution in [0, 0.1) is 17.8 Å². The van der Waals surface area contributed by atoms with E-state index in [4.69, 9.17) is 0 Å². The minimum Gasteiger partial charge on any atom is -0.298 e. The van der Waals surface area contributed by atoms with Crippen LogP contribution in [0.1, 0.15) is 48.0 Å². The van der Waals surface area contributed by atoms with Crippen molar-refractivity contribution in [3.05, 3.63) is 59.7 Å². The Bertz CT molecular complexity index is 712. The van der Waals surface area contributed by atoms with Crippen molar-refractivity contribution in [3.8, 4) is 23.0 Å². The van der Waals surface area contributed by atoms with Crippen molar-refractivity contribution >= 4 is 6.29 Å². The molecule has 1 saturated carbocycles. The molecular weight excluding hydrogens is 268 g/mol. The first-order chi connectivity index (χ1) is 10.9. The van der Waals surface area contributed by atoms with Gasteiger partial charge in [0.2, 0.25) is 0 Å². The summed E-state index contributed by atoms with van der Waals surface area (Å²) in [7, 11) is 0. The van der Waals surface area contributed by atoms with Crippen LogP contribution in [-0.4, -0.2) is 6.29 Å². The molecule has 2 aromatic carbocycles. The van der Waals surface area contributed by atoms with E-state index in [1.165, 1.54) is 32.1 Å². The highest BCUT2D eigenvalue weighted by Gasteiger charge is 2.11. The Morgan fingerprint density at radius 3 is 2.32 bits per heavy atom. The van der Waals surface area contributed by atoms with Gasteiger partial charge in [-0.1, -0.05) is 73.6 Å². The second-order valence-corrected chi connectivity index (χ2v) is 5.85. The van der Waals surface area contributed by atoms with Gasteiger partial charge < -0.3 is 0 Å². The zero-order chi connectivity index (χ0) is 15.2. The lowest BCUT2D eigenvalue weighted by Crippen LogP contribution is -2.03. The van der Waals surface area contributed by atoms with Crippen LogP contribution >= 0.6 is 0 Å². The van der Waals surface area contributed by atoms with Crippen LogP contribution in [0.15, 0.2) is 48.5 Å². The van der Waals surface area contributed by atoms with Crippen molar-refractivity contribution in [2.75, 3.05) is 0 Å². The van der Waals surface area contributed by atoms with E-state index >= 15 is 0 Å². The van der Waals surface area contributed by atoms with E-state index in [1.54, 1.807) is 0 Å². The number of aldehydes is 1. The second kappa shape index (κ2) is 7.09. The number of hydrogen-bond acceptors (Lipinski definition) is 1. The van der Waals surface area contributed by atoms with Crippen LogP contribution in [-0.2, 0) is 0 Å². The number of hydrogen-bond donors (Lipinski definition) is 0. The largest absolute Gasteiger partial charge is 0.298 e. The highest BCUT2D eigenvalue weighted by atomic mass is 16.1. The van der Waals surface area contributed by atoms with E-state index in [0.29, 0.717) is 5.92 Å². The molecule has 1 heteroatoms. The summed E-state index contributed by atoms with van der Waals surface area (Å²) in [6.07, 6.45) is 7.31. The van der Waals surface area contributed by atoms with Crippen LogP contribution in [0.5, 0.6) is 0 Å². The highest BCUT2D eigenvalue weighted by molar-refractivity contribution is 5.89. The monoisotopic (exact) mass is 288 g/mol. The molecule has 1 aliphatic carbocycles. The molecule has 0 amide bonds. The second-order valence-electron chi connectivity index (χ2n) is 5.85. The van der Waals surface area contributed by atoms with E-state index in [-0.39, 0.29) is 0 Å². The third-order valence-electron chi connectivity index (χ3n) is 4.32. The van der Waals surface area contributed by atoms with E-state index in [2.05, 4.69) is 11.8 Å². The molecule has 0 bridgehead atoms. The lowest BCUT2D eigenvalue weighted by molar-refractivity contribution is 0.112. The molecule has 0 saturated heterocycles. The smallest absolute Gasteiger partial charge is 0.150 e. The predicted molar refractivity (Wildman–Crippen MR) is 90.7 cm³/mol. The van der Waals surface area contributed by atoms with Crippen LogP contribution in [0.25, 0.3) is 11.1 Å². The number of carbonyl (C=O) groups excluding carboxylic acids is 1. The minimum absolute atomic E-state index is 0.531. The van der Waals surface area contributed by atoms with Crippen molar-refractivity contribution in [2.45, 2.75) is 32.1 Å². The quantitative estimate of drug-likeness (QED) is 0.555. The Hall–Kier alpha value is -2.33. The third kappa shape index (κ3) is 3.28. The molecule has 1 aliphatic rings. The van der Waals surface area contributed by atoms with Gasteiger partial charge in [0.25, 0.3) is 0 Å². The molecule has 0 N–H and O–H groups in total. The number of carbonyl (C=O) groups is 1. The van der Waals surface area contributed by atoms with Crippen molar-refractivity contribution in [2.24, 2.45) is 5.92 Å². The molecule has 0 atom stereocenters. The summed E-state index contributed by atoms with van der Waals surface area (Å²) in [5.74, 6) is 7.34. The first-order valence-electron chi connectivity index (χ1n) is 8.03. The van der Waals surface area contributed by atoms with Crippen molar-refractivity contribution in [1.29, 1.82) is 0 Å². The van der Waals surface area contributed by atoms with Gasteiger partial charge >= 0.3 is 0 Å². The van der Waals surface area contributed by atoms with Gasteiger partial charge in [0, 0.05) is 17.0 Å². The molecule has 0 radical (unpaired) electrons. The third-order valence-corrected chi connectivity index (χ3v) is 4.32. The van der Waals surface area contributed by atoms with Gasteiger partial charge in [-0.05, 0) is 30.0 Å². The van der Waals surface area contributed by atoms with E-state index < -0.39 is 0 Å². The summed E-state index contributed by atoms with van der Waals surface area (Å²) in [5.41, 5.74) is 3.75. The summed E-state index contributed by atoms with van der Waals surface area (Å²) in [6.45, 7) is 0. The Morgan fingerprint density at radius 2 is 1.55 bits per heavy atom. The molecule has 0 spiro atoms. The molecule has 0 heterocycles. The predicted octanol–water partition coefficient (Wildman–Crippen LogP) is 5.10. The van der Waals surface area contributed by atoms with Crippen LogP contribution in [0.2, 0.25) is 0 Å². The summed E-state index contributed by atoms with van der Waals surface area (Å²) < 4.78 is 0. The molecule has 1 nitrogen and oxygen atoms in total. The first kappa shape index (κ1) is 14.6. The number of rotatable bonds is 2. The molecule has 0 aliphatic heterocycles. The maximum absolute atomic E-state index is 11.3. The van der Waals surface area contributed by atoms with Gasteiger partial charge in [-0.2, -0.15) is 0 Å². The molecule has 0 aromatic heterocycles. The topological polar surface area (TPSA) is 17.1 Å². The lowest BCUT2D eigenvalue weighted by Gasteiger charge is -2.15. The van der Waals surface area contributed by atoms with E-state index in [0.717, 1.165) is 28.5 Å². The first-order valence-corrected chi connectivity index (χ1v) is 8.03. The molecule has 3 rings (SSSR count). The zero-order valence-electron chi connectivity index (χ0n) is 12.7. The standard InChI is InChI=1S/C21H20O/c22-16-19-11-5-7-13-21(19)20-12-6-4-10-18(20)15-14-17-8-2-1-3-9-17/h4-7,10-13,16-17H,1-3,8-9H2. The molecule has 1 fully saturated rings. The van der Waals surface area contributed by atoms with Crippen molar-refractivity contribution in [3.63, 3.8) is 0 Å². The fourth-order valence-corrected chi connectivity index (χ4v) is 3.10. The van der Waals surface area contributed by atoms with E-state index in [9.17, 15) is 4.79 Å². The minimum atomic E-state index is 0.531. The highest BCUT2D eigenvalue weighted by Crippen LogP contribution is 2.27. The average Bonchev–Trinajstić information content (AvgIpc) is 2.61. The molecule has 110 valence electrons. The molecule has 2 aromatic rings. The van der Waals surface area contributed by atoms with Gasteiger partial charge in [-0.15, -0.1) is 0 Å². The normalized spacial score (nSPS) is 14.9. The summed E-state index contributed by atoms with van der Waals surface area (Å²) in [6, 6.07) is 15.8. The van der Waals surface area contributed by atoms with Crippen molar-refractivity contribution in [1.82, 2.24) is 0 Å². The Kier molecular flexibility index (Phi) is 4.71. The maximum Gasteiger partial charge on any atom is 0.150 e. The fourth-order valence-electron chi connectivity index (χ4n) is 3.10. The summed E-state index contributed by atoms with van der Waals surface area (Å²) in [5, 5.41) is 0.